The van der Waals surface area contributed by atoms with Crippen molar-refractivity contribution < 1.29 is 4.79 Å². The summed E-state index contributed by atoms with van der Waals surface area (Å²) in [5.41, 5.74) is 1.93. The highest BCUT2D eigenvalue weighted by Gasteiger charge is 2.24. The molecule has 0 spiro atoms. The van der Waals surface area contributed by atoms with Gasteiger partial charge in [-0.1, -0.05) is 25.4 Å². The Kier molecular flexibility index (Phi) is 3.06. The first-order valence-corrected chi connectivity index (χ1v) is 5.81. The molecule has 1 aliphatic heterocycles. The summed E-state index contributed by atoms with van der Waals surface area (Å²) in [6.07, 6.45) is 0.917. The van der Waals surface area contributed by atoms with Crippen molar-refractivity contribution in [2.75, 3.05) is 5.32 Å². The molecule has 1 atom stereocenters. The van der Waals surface area contributed by atoms with Gasteiger partial charge in [0.25, 0.3) is 0 Å². The fourth-order valence-corrected chi connectivity index (χ4v) is 2.17. The summed E-state index contributed by atoms with van der Waals surface area (Å²) in [5, 5.41) is 6.40. The van der Waals surface area contributed by atoms with E-state index >= 15 is 0 Å². The van der Waals surface area contributed by atoms with E-state index in [0.29, 0.717) is 10.9 Å². The van der Waals surface area contributed by atoms with E-state index in [-0.39, 0.29) is 12.1 Å². The molecular weight excluding hydrogens is 224 g/mol. The maximum atomic E-state index is 11.4. The van der Waals surface area contributed by atoms with Crippen LogP contribution < -0.4 is 10.6 Å². The third kappa shape index (κ3) is 2.30. The molecule has 1 aromatic carbocycles. The lowest BCUT2D eigenvalue weighted by Crippen LogP contribution is -2.38. The summed E-state index contributed by atoms with van der Waals surface area (Å²) in [7, 11) is 0. The number of benzene rings is 1. The second-order valence-electron chi connectivity index (χ2n) is 4.51. The Morgan fingerprint density at radius 2 is 2.19 bits per heavy atom. The van der Waals surface area contributed by atoms with E-state index in [4.69, 9.17) is 11.6 Å². The van der Waals surface area contributed by atoms with E-state index in [9.17, 15) is 4.79 Å². The summed E-state index contributed by atoms with van der Waals surface area (Å²) in [5.74, 6) is 0.523. The number of hydrogen-bond acceptors (Lipinski definition) is 1. The molecule has 4 heteroatoms. The number of halogens is 1. The number of nitrogens with one attached hydrogen (secondary N) is 2. The highest BCUT2D eigenvalue weighted by molar-refractivity contribution is 6.30. The van der Waals surface area contributed by atoms with Gasteiger partial charge in [0.15, 0.2) is 0 Å². The van der Waals surface area contributed by atoms with Gasteiger partial charge >= 0.3 is 6.03 Å². The van der Waals surface area contributed by atoms with Crippen LogP contribution in [-0.2, 0) is 0 Å². The Bertz CT molecular complexity index is 417. The predicted octanol–water partition coefficient (Wildman–Crippen LogP) is 3.56. The normalized spacial score (nSPS) is 19.0. The molecule has 0 bridgehead atoms. The van der Waals surface area contributed by atoms with Crippen molar-refractivity contribution in [3.63, 3.8) is 0 Å². The van der Waals surface area contributed by atoms with Gasteiger partial charge in [-0.05, 0) is 36.1 Å². The molecular formula is C12H15ClN2O. The molecule has 0 saturated heterocycles. The number of rotatable bonds is 2. The van der Waals surface area contributed by atoms with Crippen LogP contribution in [0.2, 0.25) is 5.02 Å². The molecule has 0 saturated carbocycles. The lowest BCUT2D eigenvalue weighted by atomic mass is 9.94. The van der Waals surface area contributed by atoms with Crippen molar-refractivity contribution in [2.45, 2.75) is 26.3 Å². The first-order chi connectivity index (χ1) is 7.56. The van der Waals surface area contributed by atoms with Crippen molar-refractivity contribution in [3.8, 4) is 0 Å². The summed E-state index contributed by atoms with van der Waals surface area (Å²) in [4.78, 5) is 11.4. The fraction of sp³-hybridized carbons (Fsp3) is 0.417. The van der Waals surface area contributed by atoms with Crippen LogP contribution in [0.25, 0.3) is 0 Å². The number of hydrogen-bond donors (Lipinski definition) is 2. The average molecular weight is 239 g/mol. The molecule has 0 radical (unpaired) electrons. The van der Waals surface area contributed by atoms with Crippen LogP contribution in [0, 0.1) is 5.92 Å². The van der Waals surface area contributed by atoms with Crippen LogP contribution in [0.4, 0.5) is 10.5 Å². The Hall–Kier alpha value is -1.22. The smallest absolute Gasteiger partial charge is 0.319 e. The van der Waals surface area contributed by atoms with E-state index in [1.165, 1.54) is 0 Å². The van der Waals surface area contributed by atoms with Crippen molar-refractivity contribution in [1.29, 1.82) is 0 Å². The first-order valence-electron chi connectivity index (χ1n) is 5.43. The lowest BCUT2D eigenvalue weighted by molar-refractivity contribution is 0.245. The van der Waals surface area contributed by atoms with E-state index in [1.807, 2.05) is 12.1 Å². The minimum Gasteiger partial charge on any atom is -0.331 e. The van der Waals surface area contributed by atoms with E-state index in [1.54, 1.807) is 6.07 Å². The Labute approximate surface area is 100 Å². The Morgan fingerprint density at radius 3 is 2.88 bits per heavy atom. The van der Waals surface area contributed by atoms with Gasteiger partial charge in [-0.2, -0.15) is 0 Å². The zero-order valence-corrected chi connectivity index (χ0v) is 10.1. The number of urea groups is 1. The quantitative estimate of drug-likeness (QED) is 0.813. The maximum Gasteiger partial charge on any atom is 0.319 e. The van der Waals surface area contributed by atoms with Gasteiger partial charge in [0, 0.05) is 10.7 Å². The Balaban J connectivity index is 2.35. The van der Waals surface area contributed by atoms with Gasteiger partial charge in [0.1, 0.15) is 0 Å². The minimum atomic E-state index is -0.138. The van der Waals surface area contributed by atoms with Crippen molar-refractivity contribution in [3.05, 3.63) is 28.8 Å². The zero-order valence-electron chi connectivity index (χ0n) is 9.38. The third-order valence-electron chi connectivity index (χ3n) is 2.65. The van der Waals surface area contributed by atoms with Crippen LogP contribution in [-0.4, -0.2) is 6.03 Å². The van der Waals surface area contributed by atoms with Crippen LogP contribution in [0.15, 0.2) is 18.2 Å². The zero-order chi connectivity index (χ0) is 11.7. The summed E-state index contributed by atoms with van der Waals surface area (Å²) < 4.78 is 0. The first kappa shape index (κ1) is 11.3. The molecule has 1 aliphatic rings. The molecule has 0 fully saturated rings. The second kappa shape index (κ2) is 4.34. The summed E-state index contributed by atoms with van der Waals surface area (Å²) in [6.45, 7) is 4.27. The molecule has 2 N–H and O–H groups in total. The van der Waals surface area contributed by atoms with Gasteiger partial charge in [0.2, 0.25) is 0 Å². The number of amides is 2. The molecule has 86 valence electrons. The third-order valence-corrected chi connectivity index (χ3v) is 2.88. The van der Waals surface area contributed by atoms with Gasteiger partial charge in [-0.15, -0.1) is 0 Å². The molecule has 3 nitrogen and oxygen atoms in total. The molecule has 1 aromatic rings. The van der Waals surface area contributed by atoms with Crippen molar-refractivity contribution in [2.24, 2.45) is 5.92 Å². The highest BCUT2D eigenvalue weighted by Crippen LogP contribution is 2.32. The molecule has 0 aliphatic carbocycles. The topological polar surface area (TPSA) is 41.1 Å². The average Bonchev–Trinajstić information content (AvgIpc) is 2.18. The van der Waals surface area contributed by atoms with Crippen molar-refractivity contribution >= 4 is 23.3 Å². The molecule has 16 heavy (non-hydrogen) atoms. The minimum absolute atomic E-state index is 0.0578. The second-order valence-corrected chi connectivity index (χ2v) is 4.95. The summed E-state index contributed by atoms with van der Waals surface area (Å²) >= 11 is 5.97. The van der Waals surface area contributed by atoms with Crippen LogP contribution in [0.1, 0.15) is 31.9 Å². The molecule has 1 unspecified atom stereocenters. The van der Waals surface area contributed by atoms with Gasteiger partial charge in [-0.3, -0.25) is 0 Å². The van der Waals surface area contributed by atoms with Gasteiger partial charge in [0.05, 0.1) is 6.04 Å². The molecule has 0 aromatic heterocycles. The predicted molar refractivity (Wildman–Crippen MR) is 65.8 cm³/mol. The molecule has 2 rings (SSSR count). The fourth-order valence-electron chi connectivity index (χ4n) is 1.99. The lowest BCUT2D eigenvalue weighted by Gasteiger charge is -2.28. The highest BCUT2D eigenvalue weighted by atomic mass is 35.5. The van der Waals surface area contributed by atoms with E-state index in [2.05, 4.69) is 24.5 Å². The SMILES string of the molecule is CC(C)CC1NC(=O)Nc2ccc(Cl)cc21. The van der Waals surface area contributed by atoms with Gasteiger partial charge in [-0.25, -0.2) is 4.79 Å². The van der Waals surface area contributed by atoms with Crippen LogP contribution in [0.5, 0.6) is 0 Å². The monoisotopic (exact) mass is 238 g/mol. The van der Waals surface area contributed by atoms with E-state index in [0.717, 1.165) is 17.7 Å². The number of anilines is 1. The number of carbonyl (C=O) groups excluding carboxylic acids is 1. The largest absolute Gasteiger partial charge is 0.331 e. The standard InChI is InChI=1S/C12H15ClN2O/c1-7(2)5-11-9-6-8(13)3-4-10(9)14-12(16)15-11/h3-4,6-7,11H,5H2,1-2H3,(H2,14,15,16). The van der Waals surface area contributed by atoms with Gasteiger partial charge < -0.3 is 10.6 Å². The summed E-state index contributed by atoms with van der Waals surface area (Å²) in [6, 6.07) is 5.47. The molecule has 1 heterocycles. The number of carbonyl (C=O) groups is 1. The number of fused-ring (bicyclic) bond motifs is 1. The molecule has 2 amide bonds. The van der Waals surface area contributed by atoms with E-state index < -0.39 is 0 Å². The van der Waals surface area contributed by atoms with Crippen LogP contribution in [0.3, 0.4) is 0 Å². The maximum absolute atomic E-state index is 11.4. The van der Waals surface area contributed by atoms with Crippen molar-refractivity contribution in [1.82, 2.24) is 5.32 Å². The van der Waals surface area contributed by atoms with Crippen LogP contribution >= 0.6 is 11.6 Å². The Morgan fingerprint density at radius 1 is 1.44 bits per heavy atom.